The summed E-state index contributed by atoms with van der Waals surface area (Å²) in [4.78, 5) is 0. The molecule has 76 valence electrons. The summed E-state index contributed by atoms with van der Waals surface area (Å²) in [5.41, 5.74) is 2.67. The smallest absolute Gasteiger partial charge is 0.0398 e. The Morgan fingerprint density at radius 3 is 1.86 bits per heavy atom. The van der Waals surface area contributed by atoms with Crippen LogP contribution in [-0.4, -0.2) is 0 Å². The lowest BCUT2D eigenvalue weighted by Gasteiger charge is -1.82. The average Bonchev–Trinajstić information content (AvgIpc) is 2.17. The molecule has 0 bridgehead atoms. The zero-order valence-electron chi connectivity index (χ0n) is 9.62. The molecule has 0 heteroatoms. The van der Waals surface area contributed by atoms with Crippen molar-refractivity contribution >= 4 is 0 Å². The van der Waals surface area contributed by atoms with Crippen LogP contribution < -0.4 is 0 Å². The molecule has 1 aromatic rings. The van der Waals surface area contributed by atoms with E-state index in [4.69, 9.17) is 0 Å². The van der Waals surface area contributed by atoms with Crippen LogP contribution in [0.2, 0.25) is 0 Å². The summed E-state index contributed by atoms with van der Waals surface area (Å²) in [6.07, 6.45) is 6.14. The molecular formula is C14H20. The number of rotatable bonds is 1. The Morgan fingerprint density at radius 1 is 1.07 bits per heavy atom. The summed E-state index contributed by atoms with van der Waals surface area (Å²) in [6.45, 7) is 8.26. The van der Waals surface area contributed by atoms with E-state index in [-0.39, 0.29) is 0 Å². The van der Waals surface area contributed by atoms with Crippen LogP contribution in [0.15, 0.2) is 54.1 Å². The number of aryl methyl sites for hydroxylation is 1. The van der Waals surface area contributed by atoms with Crippen LogP contribution in [0, 0.1) is 6.92 Å². The number of hydrogen-bond donors (Lipinski definition) is 0. The Balaban J connectivity index is 0.000000241. The molecule has 0 saturated heterocycles. The fourth-order valence-corrected chi connectivity index (χ4v) is 0.823. The zero-order chi connectivity index (χ0) is 10.8. The van der Waals surface area contributed by atoms with Crippen molar-refractivity contribution in [2.24, 2.45) is 0 Å². The SMILES string of the molecule is C/C=C\C=C(C)C.Cc1ccccc1. The van der Waals surface area contributed by atoms with Gasteiger partial charge in [0.05, 0.1) is 0 Å². The highest BCUT2D eigenvalue weighted by molar-refractivity contribution is 5.11. The first kappa shape index (κ1) is 12.7. The van der Waals surface area contributed by atoms with Gasteiger partial charge in [-0.15, -0.1) is 0 Å². The van der Waals surface area contributed by atoms with Gasteiger partial charge in [0.25, 0.3) is 0 Å². The molecule has 0 radical (unpaired) electrons. The van der Waals surface area contributed by atoms with Gasteiger partial charge in [-0.2, -0.15) is 0 Å². The lowest BCUT2D eigenvalue weighted by molar-refractivity contribution is 1.39. The predicted octanol–water partition coefficient (Wildman–Crippen LogP) is 4.52. The Hall–Kier alpha value is -1.30. The first-order chi connectivity index (χ1) is 6.66. The molecule has 0 atom stereocenters. The van der Waals surface area contributed by atoms with Crippen LogP contribution in [0.25, 0.3) is 0 Å². The molecule has 0 nitrogen and oxygen atoms in total. The van der Waals surface area contributed by atoms with Gasteiger partial charge in [-0.05, 0) is 27.7 Å². The van der Waals surface area contributed by atoms with Crippen LogP contribution in [0.1, 0.15) is 26.3 Å². The molecule has 0 aromatic heterocycles. The lowest BCUT2D eigenvalue weighted by atomic mass is 10.2. The summed E-state index contributed by atoms with van der Waals surface area (Å²) < 4.78 is 0. The van der Waals surface area contributed by atoms with Crippen molar-refractivity contribution in [3.8, 4) is 0 Å². The van der Waals surface area contributed by atoms with Gasteiger partial charge in [-0.25, -0.2) is 0 Å². The molecule has 0 saturated carbocycles. The Labute approximate surface area is 88.0 Å². The van der Waals surface area contributed by atoms with Crippen LogP contribution in [0.4, 0.5) is 0 Å². The van der Waals surface area contributed by atoms with E-state index in [0.717, 1.165) is 0 Å². The molecule has 14 heavy (non-hydrogen) atoms. The molecule has 0 amide bonds. The quantitative estimate of drug-likeness (QED) is 0.568. The van der Waals surface area contributed by atoms with Crippen molar-refractivity contribution in [3.63, 3.8) is 0 Å². The second kappa shape index (κ2) is 8.31. The van der Waals surface area contributed by atoms with E-state index in [1.165, 1.54) is 11.1 Å². The van der Waals surface area contributed by atoms with Gasteiger partial charge in [0, 0.05) is 0 Å². The summed E-state index contributed by atoms with van der Waals surface area (Å²) >= 11 is 0. The van der Waals surface area contributed by atoms with Crippen molar-refractivity contribution < 1.29 is 0 Å². The molecule has 0 aliphatic rings. The average molecular weight is 188 g/mol. The zero-order valence-corrected chi connectivity index (χ0v) is 9.62. The minimum atomic E-state index is 1.32. The van der Waals surface area contributed by atoms with Crippen LogP contribution >= 0.6 is 0 Å². The molecule has 0 N–H and O–H groups in total. The Kier molecular flexibility index (Phi) is 7.53. The van der Waals surface area contributed by atoms with E-state index in [1.54, 1.807) is 0 Å². The van der Waals surface area contributed by atoms with Gasteiger partial charge in [0.15, 0.2) is 0 Å². The first-order valence-electron chi connectivity index (χ1n) is 4.94. The van der Waals surface area contributed by atoms with Gasteiger partial charge in [-0.1, -0.05) is 59.7 Å². The summed E-state index contributed by atoms with van der Waals surface area (Å²) in [5, 5.41) is 0. The largest absolute Gasteiger partial charge is 0.0877 e. The van der Waals surface area contributed by atoms with Gasteiger partial charge < -0.3 is 0 Å². The molecule has 1 rings (SSSR count). The van der Waals surface area contributed by atoms with E-state index in [0.29, 0.717) is 0 Å². The Morgan fingerprint density at radius 2 is 1.64 bits per heavy atom. The molecule has 0 unspecified atom stereocenters. The van der Waals surface area contributed by atoms with E-state index in [2.05, 4.69) is 39.0 Å². The summed E-state index contributed by atoms with van der Waals surface area (Å²) in [7, 11) is 0. The highest BCUT2D eigenvalue weighted by Gasteiger charge is 1.72. The molecule has 1 aromatic carbocycles. The van der Waals surface area contributed by atoms with Crippen molar-refractivity contribution in [2.75, 3.05) is 0 Å². The standard InChI is InChI=1S/C7H8.C7H12/c1-7-5-3-2-4-6-7;1-4-5-6-7(2)3/h2-6H,1H3;4-6H,1-3H3/b;5-4-. The van der Waals surface area contributed by atoms with Crippen molar-refractivity contribution in [1.29, 1.82) is 0 Å². The van der Waals surface area contributed by atoms with Crippen molar-refractivity contribution in [2.45, 2.75) is 27.7 Å². The van der Waals surface area contributed by atoms with Crippen molar-refractivity contribution in [1.82, 2.24) is 0 Å². The normalized spacial score (nSPS) is 9.14. The monoisotopic (exact) mass is 188 g/mol. The highest BCUT2D eigenvalue weighted by Crippen LogP contribution is 1.92. The maximum atomic E-state index is 2.08. The molecule has 0 heterocycles. The van der Waals surface area contributed by atoms with Crippen molar-refractivity contribution in [3.05, 3.63) is 59.7 Å². The number of allylic oxidation sites excluding steroid dienone is 4. The van der Waals surface area contributed by atoms with Gasteiger partial charge in [0.1, 0.15) is 0 Å². The predicted molar refractivity (Wildman–Crippen MR) is 65.4 cm³/mol. The third-order valence-electron chi connectivity index (χ3n) is 1.56. The summed E-state index contributed by atoms with van der Waals surface area (Å²) in [5.74, 6) is 0. The molecular weight excluding hydrogens is 168 g/mol. The Bertz CT molecular complexity index is 274. The highest BCUT2D eigenvalue weighted by atomic mass is 13.8. The van der Waals surface area contributed by atoms with Crippen LogP contribution in [0.3, 0.4) is 0 Å². The molecule has 0 aliphatic carbocycles. The minimum absolute atomic E-state index is 1.32. The van der Waals surface area contributed by atoms with Crippen LogP contribution in [-0.2, 0) is 0 Å². The maximum absolute atomic E-state index is 2.08. The number of hydrogen-bond acceptors (Lipinski definition) is 0. The summed E-state index contributed by atoms with van der Waals surface area (Å²) in [6, 6.07) is 10.3. The fourth-order valence-electron chi connectivity index (χ4n) is 0.823. The topological polar surface area (TPSA) is 0 Å². The van der Waals surface area contributed by atoms with Crippen LogP contribution in [0.5, 0.6) is 0 Å². The van der Waals surface area contributed by atoms with E-state index in [9.17, 15) is 0 Å². The fraction of sp³-hybridized carbons (Fsp3) is 0.286. The lowest BCUT2D eigenvalue weighted by Crippen LogP contribution is -1.62. The minimum Gasteiger partial charge on any atom is -0.0877 e. The van der Waals surface area contributed by atoms with Gasteiger partial charge in [0.2, 0.25) is 0 Å². The third-order valence-corrected chi connectivity index (χ3v) is 1.56. The molecule has 0 aliphatic heterocycles. The van der Waals surface area contributed by atoms with E-state index < -0.39 is 0 Å². The second-order valence-corrected chi connectivity index (χ2v) is 3.42. The van der Waals surface area contributed by atoms with Gasteiger partial charge in [-0.3, -0.25) is 0 Å². The van der Waals surface area contributed by atoms with E-state index in [1.807, 2.05) is 37.3 Å². The maximum Gasteiger partial charge on any atom is -0.0398 e. The third kappa shape index (κ3) is 8.79. The molecule has 0 spiro atoms. The first-order valence-corrected chi connectivity index (χ1v) is 4.94. The van der Waals surface area contributed by atoms with Gasteiger partial charge >= 0.3 is 0 Å². The number of benzene rings is 1. The second-order valence-electron chi connectivity index (χ2n) is 3.42. The van der Waals surface area contributed by atoms with E-state index >= 15 is 0 Å². The molecule has 0 fully saturated rings.